The summed E-state index contributed by atoms with van der Waals surface area (Å²) in [5.41, 5.74) is 8.99. The lowest BCUT2D eigenvalue weighted by Gasteiger charge is -2.19. The Morgan fingerprint density at radius 1 is 1.09 bits per heavy atom. The normalized spacial score (nSPS) is 24.0. The van der Waals surface area contributed by atoms with Crippen molar-refractivity contribution >= 4 is 5.82 Å². The molecule has 0 bridgehead atoms. The summed E-state index contributed by atoms with van der Waals surface area (Å²) in [4.78, 5) is 21.0. The fourth-order valence-electron chi connectivity index (χ4n) is 5.05. The maximum atomic E-state index is 9.11. The van der Waals surface area contributed by atoms with E-state index in [1.807, 2.05) is 18.2 Å². The predicted octanol–water partition coefficient (Wildman–Crippen LogP) is 3.21. The quantitative estimate of drug-likeness (QED) is 0.545. The second-order valence-electron chi connectivity index (χ2n) is 9.38. The van der Waals surface area contributed by atoms with Gasteiger partial charge in [0.25, 0.3) is 0 Å². The molecule has 4 heterocycles. The number of anilines is 1. The number of ether oxygens (including phenoxy) is 1. The average molecular weight is 445 g/mol. The first-order valence-corrected chi connectivity index (χ1v) is 11.8. The van der Waals surface area contributed by atoms with Crippen LogP contribution in [0, 0.1) is 11.8 Å². The highest BCUT2D eigenvalue weighted by Gasteiger charge is 2.56. The summed E-state index contributed by atoms with van der Waals surface area (Å²) < 4.78 is 5.89. The third-order valence-corrected chi connectivity index (χ3v) is 6.98. The SMILES string of the molecule is Nc1ncc(-c2cc([C@H]3[C@@H]4CN(CCCO)C[C@@H]43)nc(C3CC3)n2)cc1Oc1ccccn1. The molecule has 6 rings (SSSR count). The summed E-state index contributed by atoms with van der Waals surface area (Å²) in [6, 6.07) is 9.52. The molecular weight excluding hydrogens is 416 g/mol. The minimum absolute atomic E-state index is 0.261. The first-order chi connectivity index (χ1) is 16.2. The largest absolute Gasteiger partial charge is 0.435 e. The molecule has 33 heavy (non-hydrogen) atoms. The number of aliphatic hydroxyl groups is 1. The third-order valence-electron chi connectivity index (χ3n) is 6.98. The van der Waals surface area contributed by atoms with E-state index in [1.165, 1.54) is 0 Å². The Morgan fingerprint density at radius 2 is 1.94 bits per heavy atom. The van der Waals surface area contributed by atoms with Gasteiger partial charge >= 0.3 is 0 Å². The molecule has 3 aromatic rings. The highest BCUT2D eigenvalue weighted by Crippen LogP contribution is 2.58. The number of aromatic nitrogens is 4. The Labute approximate surface area is 192 Å². The van der Waals surface area contributed by atoms with Gasteiger partial charge in [0.15, 0.2) is 11.6 Å². The molecule has 170 valence electrons. The Bertz CT molecular complexity index is 1140. The number of fused-ring (bicyclic) bond motifs is 1. The van der Waals surface area contributed by atoms with Gasteiger partial charge in [-0.15, -0.1) is 0 Å². The molecule has 3 aromatic heterocycles. The second-order valence-corrected chi connectivity index (χ2v) is 9.38. The van der Waals surface area contributed by atoms with Gasteiger partial charge in [0, 0.05) is 67.8 Å². The first kappa shape index (κ1) is 20.5. The van der Waals surface area contributed by atoms with Gasteiger partial charge in [0.2, 0.25) is 5.88 Å². The van der Waals surface area contributed by atoms with E-state index < -0.39 is 0 Å². The summed E-state index contributed by atoms with van der Waals surface area (Å²) in [5.74, 6) is 4.51. The topological polar surface area (TPSA) is 110 Å². The van der Waals surface area contributed by atoms with E-state index in [2.05, 4.69) is 20.9 Å². The van der Waals surface area contributed by atoms with Crippen molar-refractivity contribution in [3.63, 3.8) is 0 Å². The van der Waals surface area contributed by atoms with E-state index in [1.54, 1.807) is 18.5 Å². The van der Waals surface area contributed by atoms with Gasteiger partial charge in [-0.2, -0.15) is 0 Å². The number of nitrogens with two attached hydrogens (primary N) is 1. The summed E-state index contributed by atoms with van der Waals surface area (Å²) in [6.07, 6.45) is 6.60. The van der Waals surface area contributed by atoms with Crippen molar-refractivity contribution in [2.45, 2.75) is 31.1 Å². The summed E-state index contributed by atoms with van der Waals surface area (Å²) in [5, 5.41) is 9.11. The number of pyridine rings is 2. The number of likely N-dealkylation sites (tertiary alicyclic amines) is 1. The lowest BCUT2D eigenvalue weighted by molar-refractivity contribution is 0.234. The third kappa shape index (κ3) is 4.16. The van der Waals surface area contributed by atoms with E-state index >= 15 is 0 Å². The molecule has 3 aliphatic rings. The molecule has 0 amide bonds. The fraction of sp³-hybridized carbons (Fsp3) is 0.440. The summed E-state index contributed by atoms with van der Waals surface area (Å²) in [6.45, 7) is 3.43. The van der Waals surface area contributed by atoms with Crippen molar-refractivity contribution in [3.8, 4) is 22.9 Å². The number of hydrogen-bond acceptors (Lipinski definition) is 8. The zero-order valence-corrected chi connectivity index (χ0v) is 18.5. The van der Waals surface area contributed by atoms with Gasteiger partial charge in [0.05, 0.1) is 5.69 Å². The van der Waals surface area contributed by atoms with Crippen LogP contribution >= 0.6 is 0 Å². The molecule has 3 atom stereocenters. The maximum absolute atomic E-state index is 9.11. The van der Waals surface area contributed by atoms with Crippen molar-refractivity contribution in [1.29, 1.82) is 0 Å². The van der Waals surface area contributed by atoms with Gasteiger partial charge in [0.1, 0.15) is 5.82 Å². The maximum Gasteiger partial charge on any atom is 0.219 e. The van der Waals surface area contributed by atoms with Crippen LogP contribution in [0.2, 0.25) is 0 Å². The van der Waals surface area contributed by atoms with Crippen molar-refractivity contribution in [3.05, 3.63) is 54.2 Å². The molecule has 8 heteroatoms. The molecule has 1 saturated heterocycles. The van der Waals surface area contributed by atoms with E-state index in [0.29, 0.717) is 41.1 Å². The van der Waals surface area contributed by atoms with Crippen LogP contribution in [0.25, 0.3) is 11.3 Å². The highest BCUT2D eigenvalue weighted by atomic mass is 16.5. The van der Waals surface area contributed by atoms with Gasteiger partial charge in [-0.25, -0.2) is 19.9 Å². The molecule has 0 spiro atoms. The smallest absolute Gasteiger partial charge is 0.219 e. The molecule has 8 nitrogen and oxygen atoms in total. The molecule has 3 fully saturated rings. The van der Waals surface area contributed by atoms with Crippen molar-refractivity contribution in [2.75, 3.05) is 32.0 Å². The van der Waals surface area contributed by atoms with E-state index in [-0.39, 0.29) is 6.61 Å². The number of rotatable bonds is 8. The number of nitrogen functional groups attached to an aromatic ring is 1. The van der Waals surface area contributed by atoms with Gasteiger partial charge in [-0.3, -0.25) is 0 Å². The van der Waals surface area contributed by atoms with Crippen LogP contribution in [0.5, 0.6) is 11.6 Å². The molecule has 0 aromatic carbocycles. The minimum Gasteiger partial charge on any atom is -0.435 e. The Kier molecular flexibility index (Phi) is 5.19. The van der Waals surface area contributed by atoms with Gasteiger partial charge in [-0.1, -0.05) is 6.07 Å². The summed E-state index contributed by atoms with van der Waals surface area (Å²) >= 11 is 0. The Balaban J connectivity index is 1.27. The molecule has 2 aliphatic carbocycles. The number of nitrogens with zero attached hydrogens (tertiary/aromatic N) is 5. The standard InChI is InChI=1S/C25H28N6O2/c26-24-21(33-22-4-1-2-7-27-22)10-16(12-28-24)19-11-20(30-25(29-19)15-5-6-15)23-17-13-31(8-3-9-32)14-18(17)23/h1-2,4,7,10-12,15,17-18,23,32H,3,5-6,8-9,13-14H2,(H2,26,28)/t17-,18+,23+. The Morgan fingerprint density at radius 3 is 2.67 bits per heavy atom. The molecule has 3 N–H and O–H groups in total. The first-order valence-electron chi connectivity index (χ1n) is 11.8. The molecule has 1 aliphatic heterocycles. The van der Waals surface area contributed by atoms with Crippen molar-refractivity contribution in [2.24, 2.45) is 11.8 Å². The zero-order chi connectivity index (χ0) is 22.4. The minimum atomic E-state index is 0.261. The molecule has 0 unspecified atom stereocenters. The average Bonchev–Trinajstić information content (AvgIpc) is 3.76. The van der Waals surface area contributed by atoms with Crippen LogP contribution in [-0.4, -0.2) is 56.2 Å². The van der Waals surface area contributed by atoms with Gasteiger partial charge in [-0.05, 0) is 49.3 Å². The van der Waals surface area contributed by atoms with E-state index in [0.717, 1.165) is 61.7 Å². The van der Waals surface area contributed by atoms with Crippen LogP contribution in [0.3, 0.4) is 0 Å². The molecule has 2 saturated carbocycles. The van der Waals surface area contributed by atoms with Crippen molar-refractivity contribution < 1.29 is 9.84 Å². The van der Waals surface area contributed by atoms with Crippen LogP contribution in [0.15, 0.2) is 42.7 Å². The Hall–Kier alpha value is -3.10. The molecular formula is C25H28N6O2. The lowest BCUT2D eigenvalue weighted by atomic mass is 10.1. The monoisotopic (exact) mass is 444 g/mol. The fourth-order valence-corrected chi connectivity index (χ4v) is 5.05. The van der Waals surface area contributed by atoms with Crippen LogP contribution < -0.4 is 10.5 Å². The number of aliphatic hydroxyl groups excluding tert-OH is 1. The number of hydrogen-bond donors (Lipinski definition) is 2. The molecule has 0 radical (unpaired) electrons. The van der Waals surface area contributed by atoms with Gasteiger partial charge < -0.3 is 20.5 Å². The van der Waals surface area contributed by atoms with E-state index in [4.69, 9.17) is 25.5 Å². The highest BCUT2D eigenvalue weighted by molar-refractivity contribution is 5.65. The number of piperidine rings is 1. The lowest BCUT2D eigenvalue weighted by Crippen LogP contribution is -2.26. The zero-order valence-electron chi connectivity index (χ0n) is 18.5. The van der Waals surface area contributed by atoms with Crippen LogP contribution in [-0.2, 0) is 0 Å². The summed E-state index contributed by atoms with van der Waals surface area (Å²) in [7, 11) is 0. The van der Waals surface area contributed by atoms with E-state index in [9.17, 15) is 0 Å². The predicted molar refractivity (Wildman–Crippen MR) is 124 cm³/mol. The van der Waals surface area contributed by atoms with Crippen molar-refractivity contribution in [1.82, 2.24) is 24.8 Å². The van der Waals surface area contributed by atoms with Crippen LogP contribution in [0.4, 0.5) is 5.82 Å². The van der Waals surface area contributed by atoms with Crippen LogP contribution in [0.1, 0.15) is 42.6 Å². The second kappa shape index (κ2) is 8.35.